The SMILES string of the molecule is O=C(Nc1ccc(-c2cc(C(=O)O)ccc2F)cc1)OCc1ccccc1. The van der Waals surface area contributed by atoms with Crippen LogP contribution in [-0.2, 0) is 11.3 Å². The topological polar surface area (TPSA) is 75.6 Å². The molecule has 0 aliphatic carbocycles. The molecule has 1 amide bonds. The first kappa shape index (κ1) is 18.1. The summed E-state index contributed by atoms with van der Waals surface area (Å²) in [6.45, 7) is 0.151. The van der Waals surface area contributed by atoms with E-state index in [1.165, 1.54) is 12.1 Å². The fraction of sp³-hybridized carbons (Fsp3) is 0.0476. The van der Waals surface area contributed by atoms with E-state index in [0.717, 1.165) is 11.6 Å². The maximum Gasteiger partial charge on any atom is 0.411 e. The molecular weight excluding hydrogens is 349 g/mol. The highest BCUT2D eigenvalue weighted by atomic mass is 19.1. The normalized spacial score (nSPS) is 10.3. The molecule has 0 unspecified atom stereocenters. The van der Waals surface area contributed by atoms with Crippen LogP contribution in [0.3, 0.4) is 0 Å². The first-order valence-corrected chi connectivity index (χ1v) is 8.14. The Morgan fingerprint density at radius 1 is 0.963 bits per heavy atom. The van der Waals surface area contributed by atoms with Gasteiger partial charge in [0.15, 0.2) is 0 Å². The van der Waals surface area contributed by atoms with E-state index < -0.39 is 17.9 Å². The molecule has 0 fully saturated rings. The average molecular weight is 365 g/mol. The summed E-state index contributed by atoms with van der Waals surface area (Å²) in [5.74, 6) is -1.65. The first-order chi connectivity index (χ1) is 13.0. The van der Waals surface area contributed by atoms with E-state index in [1.54, 1.807) is 24.3 Å². The highest BCUT2D eigenvalue weighted by Gasteiger charge is 2.11. The van der Waals surface area contributed by atoms with Gasteiger partial charge in [0.25, 0.3) is 0 Å². The summed E-state index contributed by atoms with van der Waals surface area (Å²) in [7, 11) is 0. The van der Waals surface area contributed by atoms with E-state index in [-0.39, 0.29) is 17.7 Å². The number of hydrogen-bond acceptors (Lipinski definition) is 3. The van der Waals surface area contributed by atoms with Crippen molar-refractivity contribution in [3.8, 4) is 11.1 Å². The highest BCUT2D eigenvalue weighted by Crippen LogP contribution is 2.25. The highest BCUT2D eigenvalue weighted by molar-refractivity contribution is 5.90. The van der Waals surface area contributed by atoms with Gasteiger partial charge in [0.05, 0.1) is 5.56 Å². The molecule has 0 aromatic heterocycles. The number of rotatable bonds is 5. The minimum atomic E-state index is -1.13. The van der Waals surface area contributed by atoms with Crippen LogP contribution in [0.15, 0.2) is 72.8 Å². The summed E-state index contributed by atoms with van der Waals surface area (Å²) in [5.41, 5.74) is 2.02. The average Bonchev–Trinajstić information content (AvgIpc) is 2.68. The van der Waals surface area contributed by atoms with Gasteiger partial charge in [0, 0.05) is 11.3 Å². The fourth-order valence-corrected chi connectivity index (χ4v) is 2.49. The second-order valence-corrected chi connectivity index (χ2v) is 5.76. The van der Waals surface area contributed by atoms with Crippen molar-refractivity contribution in [3.05, 3.63) is 89.7 Å². The van der Waals surface area contributed by atoms with Crippen LogP contribution in [0.2, 0.25) is 0 Å². The van der Waals surface area contributed by atoms with Crippen LogP contribution in [0.5, 0.6) is 0 Å². The number of carbonyl (C=O) groups is 2. The van der Waals surface area contributed by atoms with Crippen LogP contribution in [0.4, 0.5) is 14.9 Å². The molecule has 0 aliphatic rings. The molecule has 6 heteroatoms. The predicted octanol–water partition coefficient (Wildman–Crippen LogP) is 4.94. The number of anilines is 1. The molecule has 0 heterocycles. The minimum Gasteiger partial charge on any atom is -0.478 e. The molecule has 0 saturated carbocycles. The molecule has 3 aromatic carbocycles. The van der Waals surface area contributed by atoms with Gasteiger partial charge in [-0.3, -0.25) is 5.32 Å². The van der Waals surface area contributed by atoms with Gasteiger partial charge in [-0.2, -0.15) is 0 Å². The molecule has 0 aliphatic heterocycles. The van der Waals surface area contributed by atoms with Crippen LogP contribution in [0, 0.1) is 5.82 Å². The third-order valence-electron chi connectivity index (χ3n) is 3.87. The fourth-order valence-electron chi connectivity index (χ4n) is 2.49. The maximum atomic E-state index is 14.0. The summed E-state index contributed by atoms with van der Waals surface area (Å²) in [6.07, 6.45) is -0.606. The third kappa shape index (κ3) is 4.70. The maximum absolute atomic E-state index is 14.0. The zero-order valence-corrected chi connectivity index (χ0v) is 14.2. The zero-order valence-electron chi connectivity index (χ0n) is 14.2. The van der Waals surface area contributed by atoms with E-state index in [9.17, 15) is 14.0 Å². The van der Waals surface area contributed by atoms with Gasteiger partial charge < -0.3 is 9.84 Å². The number of carboxylic acid groups (broad SMARTS) is 1. The van der Waals surface area contributed by atoms with Crippen molar-refractivity contribution in [2.24, 2.45) is 0 Å². The molecule has 5 nitrogen and oxygen atoms in total. The minimum absolute atomic E-state index is 0.00177. The molecule has 27 heavy (non-hydrogen) atoms. The van der Waals surface area contributed by atoms with Crippen molar-refractivity contribution in [2.45, 2.75) is 6.61 Å². The number of amides is 1. The van der Waals surface area contributed by atoms with Crippen molar-refractivity contribution < 1.29 is 23.8 Å². The van der Waals surface area contributed by atoms with E-state index in [2.05, 4.69) is 5.32 Å². The molecule has 0 radical (unpaired) electrons. The van der Waals surface area contributed by atoms with Gasteiger partial charge in [-0.1, -0.05) is 42.5 Å². The van der Waals surface area contributed by atoms with Crippen molar-refractivity contribution in [1.82, 2.24) is 0 Å². The zero-order chi connectivity index (χ0) is 19.2. The summed E-state index contributed by atoms with van der Waals surface area (Å²) < 4.78 is 19.1. The number of nitrogens with one attached hydrogen (secondary N) is 1. The molecule has 0 saturated heterocycles. The molecule has 0 spiro atoms. The quantitative estimate of drug-likeness (QED) is 0.671. The number of hydrogen-bond donors (Lipinski definition) is 2. The Morgan fingerprint density at radius 3 is 2.33 bits per heavy atom. The number of carbonyl (C=O) groups excluding carboxylic acids is 1. The Bertz CT molecular complexity index is 956. The van der Waals surface area contributed by atoms with E-state index in [4.69, 9.17) is 9.84 Å². The standard InChI is InChI=1S/C21H16FNO4/c22-19-11-8-16(20(24)25)12-18(19)15-6-9-17(10-7-15)23-21(26)27-13-14-4-2-1-3-5-14/h1-12H,13H2,(H,23,26)(H,24,25). The summed E-state index contributed by atoms with van der Waals surface area (Å²) >= 11 is 0. The van der Waals surface area contributed by atoms with Crippen LogP contribution < -0.4 is 5.32 Å². The lowest BCUT2D eigenvalue weighted by atomic mass is 10.0. The molecule has 2 N–H and O–H groups in total. The summed E-state index contributed by atoms with van der Waals surface area (Å²) in [5, 5.41) is 11.6. The van der Waals surface area contributed by atoms with E-state index >= 15 is 0 Å². The lowest BCUT2D eigenvalue weighted by Gasteiger charge is -2.09. The van der Waals surface area contributed by atoms with E-state index in [0.29, 0.717) is 11.3 Å². The summed E-state index contributed by atoms with van der Waals surface area (Å²) in [6, 6.07) is 19.2. The second-order valence-electron chi connectivity index (χ2n) is 5.76. The monoisotopic (exact) mass is 365 g/mol. The lowest BCUT2D eigenvalue weighted by Crippen LogP contribution is -2.13. The summed E-state index contributed by atoms with van der Waals surface area (Å²) in [4.78, 5) is 22.9. The Hall–Kier alpha value is -3.67. The Balaban J connectivity index is 1.66. The number of aromatic carboxylic acids is 1. The smallest absolute Gasteiger partial charge is 0.411 e. The Morgan fingerprint density at radius 2 is 1.67 bits per heavy atom. The molecule has 0 bridgehead atoms. The lowest BCUT2D eigenvalue weighted by molar-refractivity contribution is 0.0697. The van der Waals surface area contributed by atoms with Gasteiger partial charge >= 0.3 is 12.1 Å². The van der Waals surface area contributed by atoms with Gasteiger partial charge in [-0.05, 0) is 41.5 Å². The van der Waals surface area contributed by atoms with Crippen molar-refractivity contribution >= 4 is 17.7 Å². The molecule has 136 valence electrons. The third-order valence-corrected chi connectivity index (χ3v) is 3.87. The van der Waals surface area contributed by atoms with Crippen molar-refractivity contribution in [3.63, 3.8) is 0 Å². The van der Waals surface area contributed by atoms with Gasteiger partial charge in [-0.15, -0.1) is 0 Å². The van der Waals surface area contributed by atoms with Gasteiger partial charge in [-0.25, -0.2) is 14.0 Å². The predicted molar refractivity (Wildman–Crippen MR) is 99.0 cm³/mol. The van der Waals surface area contributed by atoms with Gasteiger partial charge in [0.2, 0.25) is 0 Å². The van der Waals surface area contributed by atoms with Crippen LogP contribution in [0.1, 0.15) is 15.9 Å². The second kappa shape index (κ2) is 8.14. The van der Waals surface area contributed by atoms with Crippen molar-refractivity contribution in [2.75, 3.05) is 5.32 Å². The van der Waals surface area contributed by atoms with Crippen LogP contribution in [-0.4, -0.2) is 17.2 Å². The Kier molecular flexibility index (Phi) is 5.47. The largest absolute Gasteiger partial charge is 0.478 e. The van der Waals surface area contributed by atoms with Crippen LogP contribution >= 0.6 is 0 Å². The first-order valence-electron chi connectivity index (χ1n) is 8.14. The van der Waals surface area contributed by atoms with Gasteiger partial charge in [0.1, 0.15) is 12.4 Å². The van der Waals surface area contributed by atoms with E-state index in [1.807, 2.05) is 30.3 Å². The van der Waals surface area contributed by atoms with Crippen LogP contribution in [0.25, 0.3) is 11.1 Å². The Labute approximate surface area is 155 Å². The number of ether oxygens (including phenoxy) is 1. The molecule has 0 atom stereocenters. The van der Waals surface area contributed by atoms with Crippen molar-refractivity contribution in [1.29, 1.82) is 0 Å². The number of halogens is 1. The molecule has 3 rings (SSSR count). The molecule has 3 aromatic rings. The molecular formula is C21H16FNO4. The number of carboxylic acids is 1. The number of benzene rings is 3.